The van der Waals surface area contributed by atoms with Crippen molar-refractivity contribution in [2.24, 2.45) is 0 Å². The van der Waals surface area contributed by atoms with Crippen molar-refractivity contribution in [1.29, 1.82) is 0 Å². The van der Waals surface area contributed by atoms with Crippen molar-refractivity contribution in [3.63, 3.8) is 0 Å². The van der Waals surface area contributed by atoms with Gasteiger partial charge < -0.3 is 19.9 Å². The van der Waals surface area contributed by atoms with Crippen LogP contribution in [-0.4, -0.2) is 97.9 Å². The highest BCUT2D eigenvalue weighted by atomic mass is 32.2. The maximum Gasteiger partial charge on any atom is 0.335 e. The van der Waals surface area contributed by atoms with E-state index in [-0.39, 0.29) is 22.9 Å². The number of imidazole rings is 1. The lowest BCUT2D eigenvalue weighted by molar-refractivity contribution is -0.142. The number of sulfonamides is 1. The van der Waals surface area contributed by atoms with E-state index >= 15 is 0 Å². The Morgan fingerprint density at radius 3 is 2.50 bits per heavy atom. The number of rotatable bonds is 15. The molecule has 0 spiro atoms. The molecule has 4 aromatic rings. The molecule has 1 aromatic carbocycles. The second-order valence-corrected chi connectivity index (χ2v) is 15.0. The zero-order valence-electron chi connectivity index (χ0n) is 26.8. The van der Waals surface area contributed by atoms with E-state index in [0.717, 1.165) is 4.31 Å². The molecule has 0 bridgehead atoms. The van der Waals surface area contributed by atoms with Crippen LogP contribution in [0.3, 0.4) is 0 Å². The largest absolute Gasteiger partial charge is 0.480 e. The molecule has 1 aliphatic rings. The molecule has 5 rings (SSSR count). The van der Waals surface area contributed by atoms with E-state index in [9.17, 15) is 27.9 Å². The van der Waals surface area contributed by atoms with Crippen LogP contribution in [0.4, 0.5) is 0 Å². The Bertz CT molecular complexity index is 1910. The summed E-state index contributed by atoms with van der Waals surface area (Å²) in [5, 5.41) is 12.6. The number of nitrogens with zero attached hydrogens (tertiary/aromatic N) is 5. The zero-order chi connectivity index (χ0) is 34.5. The van der Waals surface area contributed by atoms with Crippen molar-refractivity contribution in [2.75, 3.05) is 32.3 Å². The third-order valence-electron chi connectivity index (χ3n) is 7.97. The summed E-state index contributed by atoms with van der Waals surface area (Å²) in [6.45, 7) is 7.51. The first-order valence-electron chi connectivity index (χ1n) is 15.4. The Hall–Kier alpha value is -4.09. The Morgan fingerprint density at radius 2 is 1.81 bits per heavy atom. The number of carbonyl (C=O) groups is 2. The van der Waals surface area contributed by atoms with E-state index in [1.54, 1.807) is 54.9 Å². The number of thioether (sulfide) groups is 1. The number of benzene rings is 1. The third-order valence-corrected chi connectivity index (χ3v) is 11.3. The molecule has 0 unspecified atom stereocenters. The number of hydrogen-bond donors (Lipinski definition) is 2. The summed E-state index contributed by atoms with van der Waals surface area (Å²) in [4.78, 5) is 47.7. The maximum atomic E-state index is 13.6. The molecule has 256 valence electrons. The van der Waals surface area contributed by atoms with Gasteiger partial charge in [0.15, 0.2) is 5.65 Å². The van der Waals surface area contributed by atoms with Crippen LogP contribution in [0.1, 0.15) is 26.3 Å². The number of aliphatic carboxylic acids is 1. The number of nitrogens with one attached hydrogen (secondary N) is 1. The van der Waals surface area contributed by atoms with E-state index in [2.05, 4.69) is 15.3 Å². The second kappa shape index (κ2) is 15.0. The quantitative estimate of drug-likeness (QED) is 0.174. The van der Waals surface area contributed by atoms with Gasteiger partial charge in [0.25, 0.3) is 0 Å². The summed E-state index contributed by atoms with van der Waals surface area (Å²) in [5.74, 6) is -1.97. The molecule has 1 aliphatic heterocycles. The van der Waals surface area contributed by atoms with Crippen LogP contribution in [-0.2, 0) is 42.1 Å². The van der Waals surface area contributed by atoms with Crippen LogP contribution in [0.5, 0.6) is 0 Å². The SMILES string of the molecule is CCOCCOCCn1c(=O)n(-c2ccc(C[C@H](NC(=O)[C@H]3N(S(=O)(=O)c4cccnc4)CSC3(C)C)C(=O)O)cc2)c2ncccc21. The van der Waals surface area contributed by atoms with Crippen LogP contribution in [0.2, 0.25) is 0 Å². The summed E-state index contributed by atoms with van der Waals surface area (Å²) in [6, 6.07) is 10.7. The fourth-order valence-electron chi connectivity index (χ4n) is 5.54. The van der Waals surface area contributed by atoms with Gasteiger partial charge in [0.1, 0.15) is 17.0 Å². The second-order valence-electron chi connectivity index (χ2n) is 11.6. The monoisotopic (exact) mass is 698 g/mol. The van der Waals surface area contributed by atoms with Crippen molar-refractivity contribution in [2.45, 2.75) is 55.5 Å². The molecule has 48 heavy (non-hydrogen) atoms. The Balaban J connectivity index is 1.32. The van der Waals surface area contributed by atoms with E-state index < -0.39 is 38.7 Å². The van der Waals surface area contributed by atoms with Gasteiger partial charge in [-0.2, -0.15) is 4.31 Å². The van der Waals surface area contributed by atoms with Crippen LogP contribution in [0.15, 0.2) is 76.8 Å². The number of carbonyl (C=O) groups excluding carboxylic acids is 1. The van der Waals surface area contributed by atoms with Crippen LogP contribution >= 0.6 is 11.8 Å². The van der Waals surface area contributed by atoms with Crippen molar-refractivity contribution in [3.05, 3.63) is 83.2 Å². The van der Waals surface area contributed by atoms with Gasteiger partial charge in [-0.1, -0.05) is 12.1 Å². The molecule has 0 aliphatic carbocycles. The van der Waals surface area contributed by atoms with E-state index in [0.29, 0.717) is 55.4 Å². The molecule has 14 nitrogen and oxygen atoms in total. The zero-order valence-corrected chi connectivity index (χ0v) is 28.4. The molecule has 3 aromatic heterocycles. The number of aromatic nitrogens is 4. The number of amides is 1. The number of pyridine rings is 2. The molecule has 1 amide bonds. The van der Waals surface area contributed by atoms with Crippen molar-refractivity contribution in [3.8, 4) is 5.69 Å². The van der Waals surface area contributed by atoms with Gasteiger partial charge in [-0.15, -0.1) is 11.8 Å². The number of carboxylic acids is 1. The van der Waals surface area contributed by atoms with Gasteiger partial charge in [-0.05, 0) is 62.7 Å². The van der Waals surface area contributed by atoms with E-state index in [1.807, 2.05) is 13.0 Å². The van der Waals surface area contributed by atoms with Gasteiger partial charge in [0.05, 0.1) is 43.4 Å². The van der Waals surface area contributed by atoms with Gasteiger partial charge in [0.2, 0.25) is 15.9 Å². The fraction of sp³-hybridized carbons (Fsp3) is 0.406. The third kappa shape index (κ3) is 7.47. The summed E-state index contributed by atoms with van der Waals surface area (Å²) in [7, 11) is -4.08. The number of carboxylic acid groups (broad SMARTS) is 1. The van der Waals surface area contributed by atoms with Gasteiger partial charge in [-0.25, -0.2) is 27.6 Å². The molecule has 0 radical (unpaired) electrons. The lowest BCUT2D eigenvalue weighted by Crippen LogP contribution is -2.56. The maximum absolute atomic E-state index is 13.6. The predicted octanol–water partition coefficient (Wildman–Crippen LogP) is 2.29. The lowest BCUT2D eigenvalue weighted by atomic mass is 10.0. The van der Waals surface area contributed by atoms with E-state index in [1.165, 1.54) is 40.9 Å². The average Bonchev–Trinajstić information content (AvgIpc) is 3.55. The summed E-state index contributed by atoms with van der Waals surface area (Å²) in [6.07, 6.45) is 4.19. The Labute approximate surface area is 282 Å². The Kier molecular flexibility index (Phi) is 11.0. The number of fused-ring (bicyclic) bond motifs is 1. The number of hydrogen-bond acceptors (Lipinski definition) is 10. The molecule has 1 saturated heterocycles. The normalized spacial score (nSPS) is 17.0. The number of ether oxygens (including phenoxy) is 2. The first kappa shape index (κ1) is 35.2. The van der Waals surface area contributed by atoms with Crippen molar-refractivity contribution in [1.82, 2.24) is 28.7 Å². The van der Waals surface area contributed by atoms with Gasteiger partial charge >= 0.3 is 11.7 Å². The smallest absolute Gasteiger partial charge is 0.335 e. The van der Waals surface area contributed by atoms with Crippen LogP contribution in [0, 0.1) is 0 Å². The lowest BCUT2D eigenvalue weighted by Gasteiger charge is -2.30. The van der Waals surface area contributed by atoms with Gasteiger partial charge in [-0.3, -0.25) is 14.3 Å². The molecule has 4 heterocycles. The Morgan fingerprint density at radius 1 is 1.08 bits per heavy atom. The van der Waals surface area contributed by atoms with E-state index in [4.69, 9.17) is 9.47 Å². The first-order valence-corrected chi connectivity index (χ1v) is 17.8. The fourth-order valence-corrected chi connectivity index (χ4v) is 8.68. The van der Waals surface area contributed by atoms with Crippen molar-refractivity contribution >= 4 is 44.8 Å². The molecule has 0 saturated carbocycles. The standard InChI is InChI=1S/C32H38N6O8S2/c1-4-45-17-18-46-16-15-36-26-8-6-14-34-28(26)38(31(36)42)23-11-9-22(10-12-23)19-25(30(40)41)35-29(39)27-32(2,3)47-21-37(27)48(43,44)24-7-5-13-33-20-24/h5-14,20,25,27H,4,15-19,21H2,1-3H3,(H,35,39)(H,40,41)/t25-,27+/m0/s1. The summed E-state index contributed by atoms with van der Waals surface area (Å²) < 4.78 is 41.1. The highest BCUT2D eigenvalue weighted by Gasteiger charge is 2.51. The average molecular weight is 699 g/mol. The molecule has 16 heteroatoms. The minimum absolute atomic E-state index is 0.0209. The van der Waals surface area contributed by atoms with Crippen LogP contribution < -0.4 is 11.0 Å². The molecule has 1 fully saturated rings. The van der Waals surface area contributed by atoms with Gasteiger partial charge in [0, 0.05) is 36.4 Å². The molecule has 2 N–H and O–H groups in total. The topological polar surface area (TPSA) is 175 Å². The molecule has 2 atom stereocenters. The first-order chi connectivity index (χ1) is 23.0. The highest BCUT2D eigenvalue weighted by molar-refractivity contribution is 8.02. The summed E-state index contributed by atoms with van der Waals surface area (Å²) in [5.41, 5.74) is 1.91. The van der Waals surface area contributed by atoms with Crippen LogP contribution in [0.25, 0.3) is 16.9 Å². The summed E-state index contributed by atoms with van der Waals surface area (Å²) >= 11 is 1.29. The predicted molar refractivity (Wildman–Crippen MR) is 179 cm³/mol. The van der Waals surface area contributed by atoms with Crippen molar-refractivity contribution < 1.29 is 32.6 Å². The minimum atomic E-state index is -4.08. The highest BCUT2D eigenvalue weighted by Crippen LogP contribution is 2.42. The minimum Gasteiger partial charge on any atom is -0.480 e. The molecular weight excluding hydrogens is 661 g/mol. The molecular formula is C32H38N6O8S2.